The number of alkyl halides is 2. The third kappa shape index (κ3) is 5.05. The first-order valence-corrected chi connectivity index (χ1v) is 9.19. The Balaban J connectivity index is 1.70. The molecular weight excluding hydrogens is 410 g/mol. The number of halogens is 3. The Morgan fingerprint density at radius 3 is 2.39 bits per heavy atom. The highest BCUT2D eigenvalue weighted by atomic mass is 35.5. The Morgan fingerprint density at radius 1 is 1.00 bits per heavy atom. The van der Waals surface area contributed by atoms with Gasteiger partial charge in [-0.3, -0.25) is 9.59 Å². The summed E-state index contributed by atoms with van der Waals surface area (Å²) in [7, 11) is 0. The molecule has 0 fully saturated rings. The molecule has 1 heterocycles. The van der Waals surface area contributed by atoms with Gasteiger partial charge in [-0.1, -0.05) is 17.7 Å². The highest BCUT2D eigenvalue weighted by Crippen LogP contribution is 2.25. The molecule has 0 spiro atoms. The van der Waals surface area contributed by atoms with E-state index in [1.807, 2.05) is 0 Å². The lowest BCUT2D eigenvalue weighted by Gasteiger charge is -2.10. The Bertz CT molecular complexity index is 979. The Kier molecular flexibility index (Phi) is 6.23. The number of hydrogen-bond acceptors (Lipinski definition) is 4. The molecular formula is C19H13ClF2N2O3S. The monoisotopic (exact) mass is 422 g/mol. The number of thiophene rings is 1. The number of rotatable bonds is 6. The standard InChI is InChI=1S/C19H13ClF2N2O3S/c20-14-8-3-11(10-15(14)24-18(26)16-2-1-9-28-16)17(25)23-12-4-6-13(7-5-12)27-19(21)22/h1-10,19H,(H,23,25)(H,24,26). The first-order valence-electron chi connectivity index (χ1n) is 7.93. The van der Waals surface area contributed by atoms with Crippen molar-refractivity contribution in [3.63, 3.8) is 0 Å². The first-order chi connectivity index (χ1) is 13.4. The summed E-state index contributed by atoms with van der Waals surface area (Å²) in [5.74, 6) is -0.798. The average Bonchev–Trinajstić information content (AvgIpc) is 3.19. The van der Waals surface area contributed by atoms with Crippen molar-refractivity contribution in [2.45, 2.75) is 6.61 Å². The molecule has 3 rings (SSSR count). The predicted molar refractivity (Wildman–Crippen MR) is 105 cm³/mol. The maximum Gasteiger partial charge on any atom is 0.387 e. The van der Waals surface area contributed by atoms with Gasteiger partial charge < -0.3 is 15.4 Å². The van der Waals surface area contributed by atoms with Crippen LogP contribution in [0.1, 0.15) is 20.0 Å². The van der Waals surface area contributed by atoms with Crippen molar-refractivity contribution in [1.29, 1.82) is 0 Å². The third-order valence-corrected chi connectivity index (χ3v) is 4.76. The van der Waals surface area contributed by atoms with Crippen LogP contribution in [0.5, 0.6) is 5.75 Å². The number of anilines is 2. The van der Waals surface area contributed by atoms with Crippen molar-refractivity contribution in [3.8, 4) is 5.75 Å². The lowest BCUT2D eigenvalue weighted by Crippen LogP contribution is -2.14. The van der Waals surface area contributed by atoms with Crippen LogP contribution in [0.15, 0.2) is 60.0 Å². The fraction of sp³-hybridized carbons (Fsp3) is 0.0526. The summed E-state index contributed by atoms with van der Waals surface area (Å²) < 4.78 is 28.6. The number of hydrogen-bond donors (Lipinski definition) is 2. The van der Waals surface area contributed by atoms with Gasteiger partial charge in [0.05, 0.1) is 15.6 Å². The second-order valence-corrected chi connectivity index (χ2v) is 6.84. The largest absolute Gasteiger partial charge is 0.435 e. The third-order valence-electron chi connectivity index (χ3n) is 3.56. The molecule has 2 aromatic carbocycles. The van der Waals surface area contributed by atoms with Crippen LogP contribution in [0.2, 0.25) is 5.02 Å². The molecule has 2 amide bonds. The van der Waals surface area contributed by atoms with E-state index in [0.717, 1.165) is 0 Å². The van der Waals surface area contributed by atoms with Gasteiger partial charge in [0.1, 0.15) is 5.75 Å². The van der Waals surface area contributed by atoms with Gasteiger partial charge >= 0.3 is 6.61 Å². The summed E-state index contributed by atoms with van der Waals surface area (Å²) in [5, 5.41) is 7.36. The molecule has 0 aliphatic carbocycles. The lowest BCUT2D eigenvalue weighted by molar-refractivity contribution is -0.0498. The zero-order valence-corrected chi connectivity index (χ0v) is 15.7. The lowest BCUT2D eigenvalue weighted by atomic mass is 10.1. The minimum atomic E-state index is -2.92. The van der Waals surface area contributed by atoms with Gasteiger partial charge in [-0.25, -0.2) is 0 Å². The molecule has 0 saturated carbocycles. The van der Waals surface area contributed by atoms with Crippen LogP contribution in [-0.4, -0.2) is 18.4 Å². The second kappa shape index (κ2) is 8.81. The van der Waals surface area contributed by atoms with Crippen molar-refractivity contribution in [3.05, 3.63) is 75.4 Å². The van der Waals surface area contributed by atoms with E-state index in [1.165, 1.54) is 53.8 Å². The molecule has 0 bridgehead atoms. The predicted octanol–water partition coefficient (Wildman–Crippen LogP) is 5.51. The zero-order valence-electron chi connectivity index (χ0n) is 14.1. The van der Waals surface area contributed by atoms with E-state index in [4.69, 9.17) is 11.6 Å². The number of carbonyl (C=O) groups excluding carboxylic acids is 2. The normalized spacial score (nSPS) is 10.6. The molecule has 1 aromatic heterocycles. The van der Waals surface area contributed by atoms with Crippen LogP contribution in [0.3, 0.4) is 0 Å². The van der Waals surface area contributed by atoms with E-state index in [-0.39, 0.29) is 22.2 Å². The fourth-order valence-electron chi connectivity index (χ4n) is 2.28. The Hall–Kier alpha value is -2.97. The molecule has 144 valence electrons. The van der Waals surface area contributed by atoms with E-state index >= 15 is 0 Å². The van der Waals surface area contributed by atoms with Gasteiger partial charge in [0, 0.05) is 11.3 Å². The van der Waals surface area contributed by atoms with Crippen LogP contribution in [-0.2, 0) is 0 Å². The average molecular weight is 423 g/mol. The van der Waals surface area contributed by atoms with E-state index in [2.05, 4.69) is 15.4 Å². The van der Waals surface area contributed by atoms with Crippen LogP contribution >= 0.6 is 22.9 Å². The highest BCUT2D eigenvalue weighted by Gasteiger charge is 2.13. The van der Waals surface area contributed by atoms with Gasteiger partial charge in [-0.05, 0) is 53.9 Å². The fourth-order valence-corrected chi connectivity index (χ4v) is 3.06. The molecule has 0 atom stereocenters. The summed E-state index contributed by atoms with van der Waals surface area (Å²) in [5.41, 5.74) is 0.956. The second-order valence-electron chi connectivity index (χ2n) is 5.48. The molecule has 0 unspecified atom stereocenters. The minimum absolute atomic E-state index is 0.0157. The number of carbonyl (C=O) groups is 2. The van der Waals surface area contributed by atoms with E-state index in [1.54, 1.807) is 17.5 Å². The van der Waals surface area contributed by atoms with Crippen molar-refractivity contribution in [2.24, 2.45) is 0 Å². The summed E-state index contributed by atoms with van der Waals surface area (Å²) in [6.07, 6.45) is 0. The van der Waals surface area contributed by atoms with Crippen LogP contribution < -0.4 is 15.4 Å². The van der Waals surface area contributed by atoms with Crippen LogP contribution in [0.25, 0.3) is 0 Å². The number of nitrogens with one attached hydrogen (secondary N) is 2. The summed E-state index contributed by atoms with van der Waals surface area (Å²) in [6, 6.07) is 13.4. The number of benzene rings is 2. The zero-order chi connectivity index (χ0) is 20.1. The molecule has 5 nitrogen and oxygen atoms in total. The number of amides is 2. The van der Waals surface area contributed by atoms with Gasteiger partial charge in [-0.2, -0.15) is 8.78 Å². The van der Waals surface area contributed by atoms with E-state index < -0.39 is 12.5 Å². The molecule has 3 aromatic rings. The molecule has 0 aliphatic heterocycles. The SMILES string of the molecule is O=C(Nc1ccc(OC(F)F)cc1)c1ccc(Cl)c(NC(=O)c2cccs2)c1. The van der Waals surface area contributed by atoms with Crippen molar-refractivity contribution in [2.75, 3.05) is 10.6 Å². The molecule has 9 heteroatoms. The molecule has 28 heavy (non-hydrogen) atoms. The van der Waals surface area contributed by atoms with Crippen molar-refractivity contribution >= 4 is 46.1 Å². The molecule has 0 radical (unpaired) electrons. The van der Waals surface area contributed by atoms with Crippen LogP contribution in [0.4, 0.5) is 20.2 Å². The molecule has 0 saturated heterocycles. The smallest absolute Gasteiger partial charge is 0.387 e. The summed E-state index contributed by atoms with van der Waals surface area (Å²) >= 11 is 7.39. The topological polar surface area (TPSA) is 67.4 Å². The summed E-state index contributed by atoms with van der Waals surface area (Å²) in [4.78, 5) is 25.1. The number of ether oxygens (including phenoxy) is 1. The van der Waals surface area contributed by atoms with Crippen molar-refractivity contribution in [1.82, 2.24) is 0 Å². The molecule has 0 aliphatic rings. The minimum Gasteiger partial charge on any atom is -0.435 e. The van der Waals surface area contributed by atoms with E-state index in [9.17, 15) is 18.4 Å². The Labute approximate surface area is 167 Å². The highest BCUT2D eigenvalue weighted by molar-refractivity contribution is 7.12. The van der Waals surface area contributed by atoms with Crippen LogP contribution in [0, 0.1) is 0 Å². The van der Waals surface area contributed by atoms with Gasteiger partial charge in [0.15, 0.2) is 0 Å². The first kappa shape index (κ1) is 19.8. The van der Waals surface area contributed by atoms with E-state index in [0.29, 0.717) is 16.3 Å². The quantitative estimate of drug-likeness (QED) is 0.550. The van der Waals surface area contributed by atoms with Gasteiger partial charge in [-0.15, -0.1) is 11.3 Å². The van der Waals surface area contributed by atoms with Crippen molar-refractivity contribution < 1.29 is 23.1 Å². The Morgan fingerprint density at radius 2 is 1.75 bits per heavy atom. The van der Waals surface area contributed by atoms with Gasteiger partial charge in [0.25, 0.3) is 11.8 Å². The molecule has 2 N–H and O–H groups in total. The maximum atomic E-state index is 12.4. The maximum absolute atomic E-state index is 12.4. The van der Waals surface area contributed by atoms with Gasteiger partial charge in [0.2, 0.25) is 0 Å². The summed E-state index contributed by atoms with van der Waals surface area (Å²) in [6.45, 7) is -2.92.